The van der Waals surface area contributed by atoms with Crippen LogP contribution in [0.2, 0.25) is 0 Å². The number of fused-ring (bicyclic) bond motifs is 1. The summed E-state index contributed by atoms with van der Waals surface area (Å²) >= 11 is 0. The summed E-state index contributed by atoms with van der Waals surface area (Å²) in [6, 6.07) is 12.9. The molecule has 3 aromatic carbocycles. The van der Waals surface area contributed by atoms with Crippen molar-refractivity contribution in [2.24, 2.45) is 0 Å². The van der Waals surface area contributed by atoms with Gasteiger partial charge in [-0.25, -0.2) is 17.8 Å². The summed E-state index contributed by atoms with van der Waals surface area (Å²) in [4.78, 5) is 15.6. The van der Waals surface area contributed by atoms with Crippen LogP contribution in [0.1, 0.15) is 30.3 Å². The van der Waals surface area contributed by atoms with Gasteiger partial charge in [0, 0.05) is 6.42 Å². The maximum Gasteiger partial charge on any atom is 0.416 e. The van der Waals surface area contributed by atoms with Gasteiger partial charge >= 0.3 is 12.1 Å². The molecule has 1 aromatic heterocycles. The van der Waals surface area contributed by atoms with Crippen LogP contribution in [0.3, 0.4) is 0 Å². The number of carboxylic acid groups (broad SMARTS) is 1. The summed E-state index contributed by atoms with van der Waals surface area (Å²) in [7, 11) is -4.46. The molecule has 0 aliphatic heterocycles. The number of benzene rings is 3. The fourth-order valence-electron chi connectivity index (χ4n) is 4.19. The number of rotatable bonds is 9. The zero-order chi connectivity index (χ0) is 27.7. The van der Waals surface area contributed by atoms with Crippen molar-refractivity contribution in [2.75, 3.05) is 4.31 Å². The average molecular weight is 550 g/mol. The number of anilines is 1. The van der Waals surface area contributed by atoms with E-state index in [9.17, 15) is 35.9 Å². The average Bonchev–Trinajstić information content (AvgIpc) is 3.18. The third-order valence-electron chi connectivity index (χ3n) is 5.90. The minimum atomic E-state index is -4.73. The second kappa shape index (κ2) is 10.4. The van der Waals surface area contributed by atoms with E-state index in [-0.39, 0.29) is 28.2 Å². The molecule has 1 N–H and O–H groups in total. The van der Waals surface area contributed by atoms with Crippen LogP contribution < -0.4 is 4.31 Å². The number of aromatic nitrogens is 2. The Labute approximate surface area is 216 Å². The van der Waals surface area contributed by atoms with Crippen molar-refractivity contribution in [2.45, 2.75) is 43.9 Å². The highest BCUT2D eigenvalue weighted by molar-refractivity contribution is 7.92. The smallest absolute Gasteiger partial charge is 0.416 e. The van der Waals surface area contributed by atoms with E-state index in [0.717, 1.165) is 34.6 Å². The van der Waals surface area contributed by atoms with E-state index in [2.05, 4.69) is 4.98 Å². The van der Waals surface area contributed by atoms with Crippen LogP contribution in [0.4, 0.5) is 23.2 Å². The molecule has 38 heavy (non-hydrogen) atoms. The van der Waals surface area contributed by atoms with E-state index >= 15 is 0 Å². The zero-order valence-corrected chi connectivity index (χ0v) is 20.9. The van der Waals surface area contributed by atoms with E-state index in [1.165, 1.54) is 41.0 Å². The molecule has 0 unspecified atom stereocenters. The standard InChI is InChI=1S/C26H23F4N3O4S/c1-2-5-24-31-22-14-19(10-13-23(22)32(24)16-25(34)35)33(38(36,37)20-11-8-18(27)9-12-20)15-17-6-3-4-7-21(17)26(28,29)30/h3-4,6-14H,2,5,15-16H2,1H3,(H,34,35). The van der Waals surface area contributed by atoms with E-state index in [4.69, 9.17) is 0 Å². The van der Waals surface area contributed by atoms with Gasteiger partial charge < -0.3 is 9.67 Å². The molecule has 200 valence electrons. The van der Waals surface area contributed by atoms with Crippen LogP contribution in [0.25, 0.3) is 11.0 Å². The number of carboxylic acids is 1. The molecule has 0 amide bonds. The van der Waals surface area contributed by atoms with Gasteiger partial charge in [-0.05, 0) is 60.5 Å². The van der Waals surface area contributed by atoms with Crippen LogP contribution in [-0.4, -0.2) is 29.0 Å². The highest BCUT2D eigenvalue weighted by Gasteiger charge is 2.35. The first kappa shape index (κ1) is 27.1. The maximum absolute atomic E-state index is 13.7. The summed E-state index contributed by atoms with van der Waals surface area (Å²) < 4.78 is 84.4. The molecule has 12 heteroatoms. The van der Waals surface area contributed by atoms with Gasteiger partial charge in [-0.1, -0.05) is 25.1 Å². The van der Waals surface area contributed by atoms with Crippen LogP contribution in [-0.2, 0) is 40.5 Å². The first-order valence-electron chi connectivity index (χ1n) is 11.6. The van der Waals surface area contributed by atoms with E-state index in [0.29, 0.717) is 24.2 Å². The molecule has 7 nitrogen and oxygen atoms in total. The van der Waals surface area contributed by atoms with Gasteiger partial charge in [-0.15, -0.1) is 0 Å². The Morgan fingerprint density at radius 1 is 1.05 bits per heavy atom. The summed E-state index contributed by atoms with van der Waals surface area (Å²) in [6.07, 6.45) is -3.58. The highest BCUT2D eigenvalue weighted by Crippen LogP contribution is 2.35. The van der Waals surface area contributed by atoms with Gasteiger partial charge in [0.1, 0.15) is 18.2 Å². The Morgan fingerprint density at radius 2 is 1.74 bits per heavy atom. The molecule has 0 saturated carbocycles. The minimum Gasteiger partial charge on any atom is -0.480 e. The Kier molecular flexibility index (Phi) is 7.45. The molecule has 0 bridgehead atoms. The summed E-state index contributed by atoms with van der Waals surface area (Å²) in [5.41, 5.74) is -0.530. The maximum atomic E-state index is 13.7. The molecule has 0 saturated heterocycles. The summed E-state index contributed by atoms with van der Waals surface area (Å²) in [5, 5.41) is 9.33. The topological polar surface area (TPSA) is 92.5 Å². The fourth-order valence-corrected chi connectivity index (χ4v) is 5.62. The first-order valence-corrected chi connectivity index (χ1v) is 13.0. The SMILES string of the molecule is CCCc1nc2cc(N(Cc3ccccc3C(F)(F)F)S(=O)(=O)c3ccc(F)cc3)ccc2n1CC(=O)O. The Balaban J connectivity index is 1.89. The van der Waals surface area contributed by atoms with Crippen LogP contribution in [0, 0.1) is 5.82 Å². The van der Waals surface area contributed by atoms with Crippen LogP contribution in [0.5, 0.6) is 0 Å². The van der Waals surface area contributed by atoms with Crippen molar-refractivity contribution in [1.82, 2.24) is 9.55 Å². The van der Waals surface area contributed by atoms with Crippen molar-refractivity contribution < 1.29 is 35.9 Å². The lowest BCUT2D eigenvalue weighted by Gasteiger charge is -2.26. The van der Waals surface area contributed by atoms with Crippen LogP contribution >= 0.6 is 0 Å². The number of hydrogen-bond acceptors (Lipinski definition) is 4. The lowest BCUT2D eigenvalue weighted by atomic mass is 10.1. The molecule has 4 aromatic rings. The second-order valence-electron chi connectivity index (χ2n) is 8.55. The van der Waals surface area contributed by atoms with E-state index < -0.39 is 40.1 Å². The second-order valence-corrected chi connectivity index (χ2v) is 10.4. The molecule has 0 aliphatic rings. The Hall–Kier alpha value is -3.93. The predicted molar refractivity (Wildman–Crippen MR) is 133 cm³/mol. The number of nitrogens with zero attached hydrogens (tertiary/aromatic N) is 3. The molecule has 0 fully saturated rings. The quantitative estimate of drug-likeness (QED) is 0.274. The lowest BCUT2D eigenvalue weighted by molar-refractivity contribution is -0.138. The van der Waals surface area contributed by atoms with Crippen molar-refractivity contribution in [3.05, 3.63) is 89.5 Å². The van der Waals surface area contributed by atoms with Gasteiger partial charge in [-0.3, -0.25) is 9.10 Å². The molecule has 1 heterocycles. The Morgan fingerprint density at radius 3 is 2.37 bits per heavy atom. The van der Waals surface area contributed by atoms with Gasteiger partial charge in [0.25, 0.3) is 10.0 Å². The largest absolute Gasteiger partial charge is 0.480 e. The number of imidazole rings is 1. The summed E-state index contributed by atoms with van der Waals surface area (Å²) in [5.74, 6) is -1.28. The molecule has 0 spiro atoms. The number of alkyl halides is 3. The summed E-state index contributed by atoms with van der Waals surface area (Å²) in [6.45, 7) is 0.866. The van der Waals surface area contributed by atoms with Crippen LogP contribution in [0.15, 0.2) is 71.6 Å². The molecule has 4 rings (SSSR count). The third kappa shape index (κ3) is 5.49. The zero-order valence-electron chi connectivity index (χ0n) is 20.1. The van der Waals surface area contributed by atoms with Gasteiger partial charge in [0.15, 0.2) is 0 Å². The third-order valence-corrected chi connectivity index (χ3v) is 7.69. The van der Waals surface area contributed by atoms with Gasteiger partial charge in [0.05, 0.1) is 33.7 Å². The molecule has 0 atom stereocenters. The molecule has 0 aliphatic carbocycles. The van der Waals surface area contributed by atoms with E-state index in [1.807, 2.05) is 6.92 Å². The van der Waals surface area contributed by atoms with Crippen molar-refractivity contribution >= 4 is 32.7 Å². The fraction of sp³-hybridized carbons (Fsp3) is 0.231. The number of aliphatic carboxylic acids is 1. The number of halogens is 4. The number of carbonyl (C=O) groups is 1. The molecular formula is C26H23F4N3O4S. The number of sulfonamides is 1. The number of aryl methyl sites for hydroxylation is 1. The molecule has 0 radical (unpaired) electrons. The molecular weight excluding hydrogens is 526 g/mol. The van der Waals surface area contributed by atoms with Gasteiger partial charge in [-0.2, -0.15) is 13.2 Å². The Bertz CT molecular complexity index is 1580. The lowest BCUT2D eigenvalue weighted by Crippen LogP contribution is -2.31. The number of hydrogen-bond donors (Lipinski definition) is 1. The van der Waals surface area contributed by atoms with Gasteiger partial charge in [0.2, 0.25) is 0 Å². The first-order chi connectivity index (χ1) is 17.9. The predicted octanol–water partition coefficient (Wildman–Crippen LogP) is 5.63. The van der Waals surface area contributed by atoms with E-state index in [1.54, 1.807) is 0 Å². The normalized spacial score (nSPS) is 12.1. The van der Waals surface area contributed by atoms with Crippen molar-refractivity contribution in [3.63, 3.8) is 0 Å². The van der Waals surface area contributed by atoms with Crippen molar-refractivity contribution in [1.29, 1.82) is 0 Å². The monoisotopic (exact) mass is 549 g/mol. The van der Waals surface area contributed by atoms with Crippen molar-refractivity contribution in [3.8, 4) is 0 Å². The highest BCUT2D eigenvalue weighted by atomic mass is 32.2. The minimum absolute atomic E-state index is 0.0156.